The van der Waals surface area contributed by atoms with Crippen molar-refractivity contribution in [1.29, 1.82) is 0 Å². The summed E-state index contributed by atoms with van der Waals surface area (Å²) >= 11 is 6.16. The van der Waals surface area contributed by atoms with E-state index < -0.39 is 6.10 Å². The minimum absolute atomic E-state index is 0. The molecule has 1 fully saturated rings. The molecule has 1 N–H and O–H groups in total. The largest absolute Gasteiger partial charge is 1.00 e. The van der Waals surface area contributed by atoms with E-state index in [2.05, 4.69) is 18.7 Å². The van der Waals surface area contributed by atoms with Gasteiger partial charge in [0, 0.05) is 23.7 Å². The summed E-state index contributed by atoms with van der Waals surface area (Å²) in [6.45, 7) is 9.42. The number of benzene rings is 1. The Bertz CT molecular complexity index is 477. The fourth-order valence-electron chi connectivity index (χ4n) is 3.31. The Morgan fingerprint density at radius 1 is 1.22 bits per heavy atom. The Morgan fingerprint density at radius 2 is 1.74 bits per heavy atom. The lowest BCUT2D eigenvalue weighted by molar-refractivity contribution is -0.00000663. The second-order valence-corrected chi connectivity index (χ2v) is 7.04. The molecule has 0 radical (unpaired) electrons. The third-order valence-electron chi connectivity index (χ3n) is 4.65. The lowest BCUT2D eigenvalue weighted by atomic mass is 9.97. The monoisotopic (exact) mass is 360 g/mol. The highest BCUT2D eigenvalue weighted by molar-refractivity contribution is 6.32. The fraction of sp³-hybridized carbons (Fsp3) is 0.667. The maximum absolute atomic E-state index is 10.3. The molecular formula is C18H28Cl2NO2-. The maximum atomic E-state index is 10.3. The first-order valence-electron chi connectivity index (χ1n) is 8.22. The molecule has 5 heteroatoms. The van der Waals surface area contributed by atoms with E-state index in [4.69, 9.17) is 16.3 Å². The second-order valence-electron chi connectivity index (χ2n) is 6.66. The van der Waals surface area contributed by atoms with Crippen LogP contribution in [0.4, 0.5) is 0 Å². The number of β-amino-alcohol motifs (C(OH)–C–C–N with tert-alkyl or cyclic N) is 1. The molecule has 3 atom stereocenters. The van der Waals surface area contributed by atoms with Gasteiger partial charge in [0.15, 0.2) is 0 Å². The van der Waals surface area contributed by atoms with E-state index in [0.29, 0.717) is 25.2 Å². The summed E-state index contributed by atoms with van der Waals surface area (Å²) in [7, 11) is 0. The Hall–Kier alpha value is -0.480. The van der Waals surface area contributed by atoms with E-state index in [1.807, 2.05) is 26.0 Å². The van der Waals surface area contributed by atoms with Gasteiger partial charge in [-0.25, -0.2) is 0 Å². The van der Waals surface area contributed by atoms with Crippen molar-refractivity contribution in [1.82, 2.24) is 4.90 Å². The molecule has 1 aliphatic heterocycles. The molecule has 1 aliphatic rings. The van der Waals surface area contributed by atoms with Crippen LogP contribution in [0.25, 0.3) is 0 Å². The highest BCUT2D eigenvalue weighted by Crippen LogP contribution is 2.26. The average Bonchev–Trinajstić information content (AvgIpc) is 2.46. The van der Waals surface area contributed by atoms with Crippen molar-refractivity contribution in [3.05, 3.63) is 28.3 Å². The Morgan fingerprint density at radius 3 is 2.26 bits per heavy atom. The van der Waals surface area contributed by atoms with Crippen LogP contribution in [0.3, 0.4) is 0 Å². The van der Waals surface area contributed by atoms with Gasteiger partial charge in [-0.15, -0.1) is 0 Å². The molecule has 0 saturated carbocycles. The van der Waals surface area contributed by atoms with Gasteiger partial charge in [0.1, 0.15) is 18.5 Å². The predicted molar refractivity (Wildman–Crippen MR) is 91.9 cm³/mol. The Kier molecular flexibility index (Phi) is 8.15. The number of piperidine rings is 1. The van der Waals surface area contributed by atoms with E-state index in [9.17, 15) is 5.11 Å². The van der Waals surface area contributed by atoms with Crippen LogP contribution >= 0.6 is 11.6 Å². The van der Waals surface area contributed by atoms with Crippen LogP contribution in [0.5, 0.6) is 5.75 Å². The van der Waals surface area contributed by atoms with Gasteiger partial charge in [0.05, 0.1) is 0 Å². The molecule has 1 saturated heterocycles. The molecule has 0 aliphatic carbocycles. The van der Waals surface area contributed by atoms with Crippen molar-refractivity contribution in [2.75, 3.05) is 13.2 Å². The van der Waals surface area contributed by atoms with Crippen LogP contribution in [0.15, 0.2) is 12.1 Å². The highest BCUT2D eigenvalue weighted by Gasteiger charge is 2.26. The summed E-state index contributed by atoms with van der Waals surface area (Å²) in [5.74, 6) is 0.776. The minimum Gasteiger partial charge on any atom is -1.00 e. The molecular weight excluding hydrogens is 333 g/mol. The fourth-order valence-corrected chi connectivity index (χ4v) is 3.42. The van der Waals surface area contributed by atoms with Crippen molar-refractivity contribution in [3.8, 4) is 5.75 Å². The number of rotatable bonds is 5. The topological polar surface area (TPSA) is 32.7 Å². The van der Waals surface area contributed by atoms with Crippen LogP contribution in [0.1, 0.15) is 44.2 Å². The predicted octanol–water partition coefficient (Wildman–Crippen LogP) is 0.963. The second kappa shape index (κ2) is 9.12. The van der Waals surface area contributed by atoms with Gasteiger partial charge in [-0.2, -0.15) is 0 Å². The number of ether oxygens (including phenoxy) is 1. The zero-order valence-electron chi connectivity index (χ0n) is 14.5. The molecule has 3 unspecified atom stereocenters. The number of halogens is 2. The zero-order valence-corrected chi connectivity index (χ0v) is 16.0. The number of aliphatic hydroxyl groups is 1. The van der Waals surface area contributed by atoms with Crippen LogP contribution in [0.2, 0.25) is 5.02 Å². The first kappa shape index (κ1) is 20.6. The van der Waals surface area contributed by atoms with E-state index >= 15 is 0 Å². The number of aliphatic hydroxyl groups excluding tert-OH is 1. The van der Waals surface area contributed by atoms with Gasteiger partial charge in [0.25, 0.3) is 0 Å². The van der Waals surface area contributed by atoms with Crippen LogP contribution in [-0.4, -0.2) is 41.3 Å². The first-order valence-corrected chi connectivity index (χ1v) is 8.59. The smallest absolute Gasteiger partial charge is 0.120 e. The van der Waals surface area contributed by atoms with Gasteiger partial charge in [-0.1, -0.05) is 18.0 Å². The maximum Gasteiger partial charge on any atom is 0.120 e. The molecule has 0 bridgehead atoms. The zero-order chi connectivity index (χ0) is 16.3. The number of aryl methyl sites for hydroxylation is 2. The number of hydrogen-bond acceptors (Lipinski definition) is 3. The summed E-state index contributed by atoms with van der Waals surface area (Å²) in [4.78, 5) is 2.40. The van der Waals surface area contributed by atoms with E-state index in [1.165, 1.54) is 19.3 Å². The number of hydrogen-bond donors (Lipinski definition) is 1. The van der Waals surface area contributed by atoms with Crippen LogP contribution in [0, 0.1) is 13.8 Å². The van der Waals surface area contributed by atoms with Crippen molar-refractivity contribution < 1.29 is 22.3 Å². The van der Waals surface area contributed by atoms with Crippen LogP contribution in [-0.2, 0) is 0 Å². The van der Waals surface area contributed by atoms with Gasteiger partial charge in [0.2, 0.25) is 0 Å². The van der Waals surface area contributed by atoms with Crippen molar-refractivity contribution in [2.45, 2.75) is 65.1 Å². The highest BCUT2D eigenvalue weighted by atomic mass is 35.5. The molecule has 23 heavy (non-hydrogen) atoms. The number of likely N-dealkylation sites (tertiary alicyclic amines) is 1. The van der Waals surface area contributed by atoms with Gasteiger partial charge in [-0.05, 0) is 63.8 Å². The molecule has 1 aromatic carbocycles. The van der Waals surface area contributed by atoms with Crippen molar-refractivity contribution in [2.24, 2.45) is 0 Å². The Labute approximate surface area is 151 Å². The molecule has 0 spiro atoms. The van der Waals surface area contributed by atoms with Gasteiger partial charge >= 0.3 is 0 Å². The minimum atomic E-state index is -0.473. The van der Waals surface area contributed by atoms with E-state index in [0.717, 1.165) is 21.9 Å². The normalized spacial score (nSPS) is 23.2. The lowest BCUT2D eigenvalue weighted by Crippen LogP contribution is -3.00. The molecule has 1 heterocycles. The first-order chi connectivity index (χ1) is 10.4. The third kappa shape index (κ3) is 5.53. The third-order valence-corrected chi connectivity index (χ3v) is 5.25. The molecule has 2 rings (SSSR count). The van der Waals surface area contributed by atoms with Crippen LogP contribution < -0.4 is 17.1 Å². The van der Waals surface area contributed by atoms with Crippen molar-refractivity contribution >= 4 is 11.6 Å². The molecule has 1 aromatic rings. The van der Waals surface area contributed by atoms with E-state index in [-0.39, 0.29) is 12.4 Å². The quantitative estimate of drug-likeness (QED) is 0.848. The van der Waals surface area contributed by atoms with Crippen molar-refractivity contribution in [3.63, 3.8) is 0 Å². The molecule has 0 aromatic heterocycles. The lowest BCUT2D eigenvalue weighted by Gasteiger charge is -2.40. The molecule has 0 amide bonds. The van der Waals surface area contributed by atoms with Gasteiger partial charge in [-0.3, -0.25) is 4.90 Å². The number of nitrogens with zero attached hydrogens (tertiary/aromatic N) is 1. The average molecular weight is 361 g/mol. The summed E-state index contributed by atoms with van der Waals surface area (Å²) < 4.78 is 5.76. The van der Waals surface area contributed by atoms with E-state index in [1.54, 1.807) is 0 Å². The summed E-state index contributed by atoms with van der Waals surface area (Å²) in [5, 5.41) is 11.1. The molecule has 132 valence electrons. The summed E-state index contributed by atoms with van der Waals surface area (Å²) in [6, 6.07) is 4.93. The summed E-state index contributed by atoms with van der Waals surface area (Å²) in [5.41, 5.74) is 2.01. The Balaban J connectivity index is 0.00000264. The standard InChI is InChI=1S/C18H28ClNO2.ClH/c1-12-8-17(9-13(2)18(12)19)22-11-16(21)10-20-14(3)6-5-7-15(20)4;/h8-9,14-16,21H,5-7,10-11H2,1-4H3;1H/p-1. The molecule has 3 nitrogen and oxygen atoms in total. The van der Waals surface area contributed by atoms with Gasteiger partial charge < -0.3 is 22.3 Å². The SMILES string of the molecule is Cc1cc(OCC(O)CN2C(C)CCCC2C)cc(C)c1Cl.[Cl-]. The summed E-state index contributed by atoms with van der Waals surface area (Å²) in [6.07, 6.45) is 3.25.